The summed E-state index contributed by atoms with van der Waals surface area (Å²) >= 11 is 0. The molecular weight excluding hydrogens is 252 g/mol. The van der Waals surface area contributed by atoms with Crippen LogP contribution in [0.4, 0.5) is 0 Å². The van der Waals surface area contributed by atoms with Crippen LogP contribution in [-0.4, -0.2) is 18.8 Å². The summed E-state index contributed by atoms with van der Waals surface area (Å²) in [6, 6.07) is 8.74. The number of nitrogens with one attached hydrogen (secondary N) is 1. The van der Waals surface area contributed by atoms with Crippen molar-refractivity contribution in [2.75, 3.05) is 0 Å². The van der Waals surface area contributed by atoms with Gasteiger partial charge >= 0.3 is 0 Å². The molecule has 98 valence electrons. The van der Waals surface area contributed by atoms with Gasteiger partial charge in [-0.1, -0.05) is 31.2 Å². The molecule has 1 unspecified atom stereocenters. The maximum Gasteiger partial charge on any atom is 0.228 e. The molecule has 1 atom stereocenters. The molecule has 0 heterocycles. The monoisotopic (exact) mass is 268 g/mol. The molecule has 0 aliphatic heterocycles. The average molecular weight is 268 g/mol. The normalized spacial score (nSPS) is 12.9. The van der Waals surface area contributed by atoms with Crippen molar-refractivity contribution in [3.8, 4) is 6.07 Å². The molecule has 1 aromatic carbocycles. The molecule has 1 rings (SSSR count). The van der Waals surface area contributed by atoms with E-state index in [-0.39, 0.29) is 19.6 Å². The Morgan fingerprint density at radius 2 is 2.11 bits per heavy atom. The number of aliphatic hydroxyl groups excluding tert-OH is 1. The number of nitriles is 1. The summed E-state index contributed by atoms with van der Waals surface area (Å²) in [7, 11) is -3.61. The SMILES string of the molecule is CCC(C#N)S(=O)(=O)NCc1cccc(CO)c1. The van der Waals surface area contributed by atoms with E-state index in [9.17, 15) is 8.42 Å². The summed E-state index contributed by atoms with van der Waals surface area (Å²) in [4.78, 5) is 0. The zero-order valence-corrected chi connectivity index (χ0v) is 10.9. The first-order valence-corrected chi connectivity index (χ1v) is 7.15. The topological polar surface area (TPSA) is 90.2 Å². The first-order valence-electron chi connectivity index (χ1n) is 5.60. The highest BCUT2D eigenvalue weighted by molar-refractivity contribution is 7.90. The lowest BCUT2D eigenvalue weighted by atomic mass is 10.1. The molecule has 0 radical (unpaired) electrons. The van der Waals surface area contributed by atoms with E-state index in [1.165, 1.54) is 0 Å². The van der Waals surface area contributed by atoms with Gasteiger partial charge < -0.3 is 5.11 Å². The molecule has 0 aromatic heterocycles. The molecule has 0 bridgehead atoms. The predicted molar refractivity (Wildman–Crippen MR) is 67.8 cm³/mol. The van der Waals surface area contributed by atoms with E-state index < -0.39 is 15.3 Å². The van der Waals surface area contributed by atoms with Gasteiger partial charge in [-0.3, -0.25) is 0 Å². The van der Waals surface area contributed by atoms with Crippen LogP contribution in [0, 0.1) is 11.3 Å². The molecule has 0 aliphatic carbocycles. The van der Waals surface area contributed by atoms with Crippen molar-refractivity contribution >= 4 is 10.0 Å². The fraction of sp³-hybridized carbons (Fsp3) is 0.417. The number of nitrogens with zero attached hydrogens (tertiary/aromatic N) is 1. The molecule has 6 heteroatoms. The molecule has 18 heavy (non-hydrogen) atoms. The second kappa shape index (κ2) is 6.50. The quantitative estimate of drug-likeness (QED) is 0.802. The maximum atomic E-state index is 11.7. The Hall–Kier alpha value is -1.42. The first-order chi connectivity index (χ1) is 8.53. The van der Waals surface area contributed by atoms with Gasteiger partial charge in [-0.25, -0.2) is 13.1 Å². The largest absolute Gasteiger partial charge is 0.392 e. The average Bonchev–Trinajstić information content (AvgIpc) is 2.38. The van der Waals surface area contributed by atoms with Gasteiger partial charge in [-0.05, 0) is 17.5 Å². The summed E-state index contributed by atoms with van der Waals surface area (Å²) in [6.45, 7) is 1.68. The number of benzene rings is 1. The summed E-state index contributed by atoms with van der Waals surface area (Å²) in [5.41, 5.74) is 1.47. The minimum atomic E-state index is -3.61. The summed E-state index contributed by atoms with van der Waals surface area (Å²) in [5, 5.41) is 16.7. The van der Waals surface area contributed by atoms with Gasteiger partial charge in [0.05, 0.1) is 12.7 Å². The van der Waals surface area contributed by atoms with Crippen LogP contribution in [0.25, 0.3) is 0 Å². The van der Waals surface area contributed by atoms with E-state index in [1.807, 2.05) is 0 Å². The van der Waals surface area contributed by atoms with Crippen LogP contribution in [0.3, 0.4) is 0 Å². The molecule has 2 N–H and O–H groups in total. The smallest absolute Gasteiger partial charge is 0.228 e. The molecule has 1 aromatic rings. The Morgan fingerprint density at radius 1 is 1.44 bits per heavy atom. The van der Waals surface area contributed by atoms with Crippen LogP contribution in [0.15, 0.2) is 24.3 Å². The molecule has 0 saturated heterocycles. The van der Waals surface area contributed by atoms with E-state index >= 15 is 0 Å². The van der Waals surface area contributed by atoms with Crippen molar-refractivity contribution < 1.29 is 13.5 Å². The third kappa shape index (κ3) is 3.81. The van der Waals surface area contributed by atoms with Crippen molar-refractivity contribution in [1.29, 1.82) is 5.26 Å². The fourth-order valence-corrected chi connectivity index (χ4v) is 2.65. The Bertz CT molecular complexity index is 534. The van der Waals surface area contributed by atoms with Gasteiger partial charge in [0.25, 0.3) is 0 Å². The second-order valence-electron chi connectivity index (χ2n) is 3.87. The fourth-order valence-electron chi connectivity index (χ4n) is 1.50. The molecule has 0 spiro atoms. The zero-order valence-electron chi connectivity index (χ0n) is 10.1. The summed E-state index contributed by atoms with van der Waals surface area (Å²) < 4.78 is 25.9. The lowest BCUT2D eigenvalue weighted by molar-refractivity contribution is 0.281. The zero-order chi connectivity index (χ0) is 13.6. The molecule has 0 saturated carbocycles. The highest BCUT2D eigenvalue weighted by Gasteiger charge is 2.22. The standard InChI is InChI=1S/C12H16N2O3S/c1-2-12(7-13)18(16,17)14-8-10-4-3-5-11(6-10)9-15/h3-6,12,14-15H,2,8-9H2,1H3. The van der Waals surface area contributed by atoms with E-state index in [2.05, 4.69) is 4.72 Å². The Balaban J connectivity index is 2.73. The van der Waals surface area contributed by atoms with Gasteiger partial charge in [0.1, 0.15) is 0 Å². The molecule has 0 fully saturated rings. The molecular formula is C12H16N2O3S. The molecule has 0 aliphatic rings. The van der Waals surface area contributed by atoms with E-state index in [0.717, 1.165) is 11.1 Å². The van der Waals surface area contributed by atoms with E-state index in [0.29, 0.717) is 0 Å². The summed E-state index contributed by atoms with van der Waals surface area (Å²) in [6.07, 6.45) is 0.252. The van der Waals surface area contributed by atoms with Crippen molar-refractivity contribution in [1.82, 2.24) is 4.72 Å². The number of rotatable bonds is 6. The molecule has 0 amide bonds. The van der Waals surface area contributed by atoms with Crippen molar-refractivity contribution in [3.05, 3.63) is 35.4 Å². The second-order valence-corrected chi connectivity index (χ2v) is 5.82. The number of hydrogen-bond donors (Lipinski definition) is 2. The number of hydrogen-bond acceptors (Lipinski definition) is 4. The van der Waals surface area contributed by atoms with Gasteiger partial charge in [-0.2, -0.15) is 5.26 Å². The van der Waals surface area contributed by atoms with Crippen molar-refractivity contribution in [2.24, 2.45) is 0 Å². The number of sulfonamides is 1. The van der Waals surface area contributed by atoms with Gasteiger partial charge in [0, 0.05) is 6.54 Å². The van der Waals surface area contributed by atoms with E-state index in [1.54, 1.807) is 37.3 Å². The third-order valence-electron chi connectivity index (χ3n) is 2.54. The van der Waals surface area contributed by atoms with Crippen LogP contribution in [0.1, 0.15) is 24.5 Å². The maximum absolute atomic E-state index is 11.7. The Labute approximate surface area is 107 Å². The summed E-state index contributed by atoms with van der Waals surface area (Å²) in [5.74, 6) is 0. The van der Waals surface area contributed by atoms with Crippen LogP contribution in [0.2, 0.25) is 0 Å². The minimum Gasteiger partial charge on any atom is -0.392 e. The Kier molecular flexibility index (Phi) is 5.28. The van der Waals surface area contributed by atoms with Crippen molar-refractivity contribution in [2.45, 2.75) is 31.7 Å². The van der Waals surface area contributed by atoms with Gasteiger partial charge in [0.15, 0.2) is 5.25 Å². The Morgan fingerprint density at radius 3 is 2.67 bits per heavy atom. The van der Waals surface area contributed by atoms with Gasteiger partial charge in [0.2, 0.25) is 10.0 Å². The highest BCUT2D eigenvalue weighted by Crippen LogP contribution is 2.08. The van der Waals surface area contributed by atoms with E-state index in [4.69, 9.17) is 10.4 Å². The lowest BCUT2D eigenvalue weighted by Crippen LogP contribution is -2.32. The first kappa shape index (κ1) is 14.6. The lowest BCUT2D eigenvalue weighted by Gasteiger charge is -2.10. The number of aliphatic hydroxyl groups is 1. The minimum absolute atomic E-state index is 0.0869. The third-order valence-corrected chi connectivity index (χ3v) is 4.28. The highest BCUT2D eigenvalue weighted by atomic mass is 32.2. The predicted octanol–water partition coefficient (Wildman–Crippen LogP) is 0.900. The van der Waals surface area contributed by atoms with Crippen LogP contribution < -0.4 is 4.72 Å². The van der Waals surface area contributed by atoms with Crippen molar-refractivity contribution in [3.63, 3.8) is 0 Å². The van der Waals surface area contributed by atoms with Crippen LogP contribution >= 0.6 is 0 Å². The van der Waals surface area contributed by atoms with Crippen LogP contribution in [0.5, 0.6) is 0 Å². The van der Waals surface area contributed by atoms with Crippen LogP contribution in [-0.2, 0) is 23.2 Å². The molecule has 5 nitrogen and oxygen atoms in total. The van der Waals surface area contributed by atoms with Gasteiger partial charge in [-0.15, -0.1) is 0 Å².